The highest BCUT2D eigenvalue weighted by atomic mass is 16.3. The highest BCUT2D eigenvalue weighted by Gasteiger charge is 2.51. The van der Waals surface area contributed by atoms with Crippen molar-refractivity contribution < 1.29 is 10.2 Å². The second kappa shape index (κ2) is 5.73. The van der Waals surface area contributed by atoms with Crippen LogP contribution < -0.4 is 20.8 Å². The highest BCUT2D eigenvalue weighted by Crippen LogP contribution is 2.54. The maximum absolute atomic E-state index is 13.3. The summed E-state index contributed by atoms with van der Waals surface area (Å²) in [5.41, 5.74) is 4.44. The molecule has 1 fully saturated rings. The fourth-order valence-electron chi connectivity index (χ4n) is 5.69. The lowest BCUT2D eigenvalue weighted by atomic mass is 9.56. The second-order valence-electron chi connectivity index (χ2n) is 8.18. The van der Waals surface area contributed by atoms with Crippen LogP contribution in [-0.2, 0) is 0 Å². The minimum absolute atomic E-state index is 0.0207. The van der Waals surface area contributed by atoms with E-state index in [4.69, 9.17) is 0 Å². The Labute approximate surface area is 154 Å². The van der Waals surface area contributed by atoms with E-state index in [1.54, 1.807) is 0 Å². The van der Waals surface area contributed by atoms with Crippen molar-refractivity contribution in [1.82, 2.24) is 0 Å². The first-order chi connectivity index (χ1) is 12.6. The molecule has 3 aliphatic rings. The topological polar surface area (TPSA) is 70.2 Å². The molecule has 0 saturated heterocycles. The molecule has 4 nitrogen and oxygen atoms in total. The van der Waals surface area contributed by atoms with Crippen LogP contribution in [0, 0.1) is 11.8 Å². The highest BCUT2D eigenvalue weighted by molar-refractivity contribution is 5.61. The Morgan fingerprint density at radius 2 is 1.04 bits per heavy atom. The Kier molecular flexibility index (Phi) is 3.56. The van der Waals surface area contributed by atoms with Gasteiger partial charge >= 0.3 is 0 Å². The van der Waals surface area contributed by atoms with Crippen molar-refractivity contribution in [3.63, 3.8) is 0 Å². The first-order valence-electron chi connectivity index (χ1n) is 9.60. The van der Waals surface area contributed by atoms with E-state index >= 15 is 0 Å². The number of nitrogens with one attached hydrogen (secondary N) is 2. The van der Waals surface area contributed by atoms with E-state index in [0.717, 1.165) is 22.5 Å². The Balaban J connectivity index is 1.45. The Morgan fingerprint density at radius 1 is 0.654 bits per heavy atom. The zero-order chi connectivity index (χ0) is 18.0. The molecule has 0 aromatic heterocycles. The largest absolute Gasteiger partial charge is 0.852 e. The monoisotopic (exact) mass is 348 g/mol. The summed E-state index contributed by atoms with van der Waals surface area (Å²) in [7, 11) is 0. The predicted octanol–water partition coefficient (Wildman–Crippen LogP) is 1.89. The molecule has 26 heavy (non-hydrogen) atoms. The van der Waals surface area contributed by atoms with Crippen LogP contribution in [0.25, 0.3) is 0 Å². The lowest BCUT2D eigenvalue weighted by molar-refractivity contribution is -0.566. The normalized spacial score (nSPS) is 40.2. The molecule has 1 saturated carbocycles. The summed E-state index contributed by atoms with van der Waals surface area (Å²) in [6, 6.07) is 16.5. The third kappa shape index (κ3) is 2.09. The minimum Gasteiger partial charge on any atom is -0.852 e. The van der Waals surface area contributed by atoms with Gasteiger partial charge in [0, 0.05) is 35.3 Å². The molecule has 1 aliphatic carbocycles. The summed E-state index contributed by atoms with van der Waals surface area (Å²) in [4.78, 5) is 0. The number of rotatable bonds is 2. The fraction of sp³-hybridized carbons (Fsp3) is 0.455. The molecule has 5 rings (SSSR count). The third-order valence-electron chi connectivity index (χ3n) is 6.83. The van der Waals surface area contributed by atoms with Crippen molar-refractivity contribution in [3.8, 4) is 0 Å². The minimum atomic E-state index is -0.807. The van der Waals surface area contributed by atoms with Crippen molar-refractivity contribution in [1.29, 1.82) is 0 Å². The molecule has 2 aliphatic heterocycles. The van der Waals surface area contributed by atoms with Crippen LogP contribution in [0.15, 0.2) is 48.5 Å². The molecular formula is C22H24N2O2-2. The van der Waals surface area contributed by atoms with Crippen molar-refractivity contribution in [2.75, 3.05) is 10.6 Å². The van der Waals surface area contributed by atoms with E-state index in [1.165, 1.54) is 0 Å². The van der Waals surface area contributed by atoms with Crippen LogP contribution in [0.3, 0.4) is 0 Å². The van der Waals surface area contributed by atoms with E-state index < -0.39 is 12.2 Å². The third-order valence-corrected chi connectivity index (χ3v) is 6.83. The van der Waals surface area contributed by atoms with Gasteiger partial charge in [-0.15, -0.1) is 12.2 Å². The quantitative estimate of drug-likeness (QED) is 0.869. The summed E-state index contributed by atoms with van der Waals surface area (Å²) < 4.78 is 0. The summed E-state index contributed by atoms with van der Waals surface area (Å²) in [6.45, 7) is 4.18. The Bertz CT molecular complexity index is 761. The average Bonchev–Trinajstić information content (AvgIpc) is 3.13. The lowest BCUT2D eigenvalue weighted by Crippen LogP contribution is -2.71. The molecule has 2 aromatic rings. The van der Waals surface area contributed by atoms with E-state index in [9.17, 15) is 10.2 Å². The maximum Gasteiger partial charge on any atom is 0.0378 e. The van der Waals surface area contributed by atoms with E-state index in [1.807, 2.05) is 36.4 Å². The van der Waals surface area contributed by atoms with E-state index in [2.05, 4.69) is 36.6 Å². The van der Waals surface area contributed by atoms with Gasteiger partial charge in [0.05, 0.1) is 0 Å². The number of para-hydroxylation sites is 2. The Morgan fingerprint density at radius 3 is 1.46 bits per heavy atom. The summed E-state index contributed by atoms with van der Waals surface area (Å²) in [5, 5.41) is 33.5. The molecule has 4 heteroatoms. The van der Waals surface area contributed by atoms with E-state index in [0.29, 0.717) is 0 Å². The van der Waals surface area contributed by atoms with Crippen LogP contribution in [0.4, 0.5) is 11.4 Å². The summed E-state index contributed by atoms with van der Waals surface area (Å²) in [5.74, 6) is -0.642. The molecule has 2 aromatic carbocycles. The van der Waals surface area contributed by atoms with Gasteiger partial charge in [0.2, 0.25) is 0 Å². The van der Waals surface area contributed by atoms with Crippen molar-refractivity contribution in [3.05, 3.63) is 59.7 Å². The summed E-state index contributed by atoms with van der Waals surface area (Å²) >= 11 is 0. The van der Waals surface area contributed by atoms with Gasteiger partial charge in [-0.3, -0.25) is 0 Å². The van der Waals surface area contributed by atoms with Gasteiger partial charge in [0.15, 0.2) is 0 Å². The predicted molar refractivity (Wildman–Crippen MR) is 99.1 cm³/mol. The molecule has 2 heterocycles. The van der Waals surface area contributed by atoms with Gasteiger partial charge in [-0.1, -0.05) is 48.2 Å². The van der Waals surface area contributed by atoms with Crippen molar-refractivity contribution in [2.24, 2.45) is 11.8 Å². The molecule has 0 amide bonds. The number of hydrogen-bond acceptors (Lipinski definition) is 4. The number of anilines is 2. The molecule has 0 spiro atoms. The van der Waals surface area contributed by atoms with Gasteiger partial charge in [0.1, 0.15) is 0 Å². The SMILES string of the molecule is CC1Nc2ccccc2C1C1C([O-])C(C2c3ccccc3NC2C)C1[O-]. The molecule has 2 N–H and O–H groups in total. The maximum atomic E-state index is 13.3. The van der Waals surface area contributed by atoms with Crippen LogP contribution >= 0.6 is 0 Å². The molecule has 0 bridgehead atoms. The zero-order valence-electron chi connectivity index (χ0n) is 15.1. The van der Waals surface area contributed by atoms with Crippen LogP contribution in [0.1, 0.15) is 36.8 Å². The summed E-state index contributed by atoms with van der Waals surface area (Å²) in [6.07, 6.45) is -1.61. The van der Waals surface area contributed by atoms with Crippen LogP contribution in [-0.4, -0.2) is 24.3 Å². The van der Waals surface area contributed by atoms with Gasteiger partial charge < -0.3 is 20.8 Å². The van der Waals surface area contributed by atoms with Crippen LogP contribution in [0.2, 0.25) is 0 Å². The van der Waals surface area contributed by atoms with Gasteiger partial charge in [-0.25, -0.2) is 0 Å². The van der Waals surface area contributed by atoms with Crippen molar-refractivity contribution >= 4 is 11.4 Å². The van der Waals surface area contributed by atoms with Gasteiger partial charge in [0.25, 0.3) is 0 Å². The molecule has 136 valence electrons. The van der Waals surface area contributed by atoms with E-state index in [-0.39, 0.29) is 35.8 Å². The Hall–Kier alpha value is -2.04. The number of benzene rings is 2. The van der Waals surface area contributed by atoms with Gasteiger partial charge in [-0.2, -0.15) is 0 Å². The molecule has 4 atom stereocenters. The molecular weight excluding hydrogens is 324 g/mol. The first kappa shape index (κ1) is 16.2. The molecule has 0 radical (unpaired) electrons. The lowest BCUT2D eigenvalue weighted by Gasteiger charge is -2.66. The smallest absolute Gasteiger partial charge is 0.0378 e. The zero-order valence-corrected chi connectivity index (χ0v) is 15.1. The average molecular weight is 348 g/mol. The first-order valence-corrected chi connectivity index (χ1v) is 9.60. The molecule has 4 unspecified atom stereocenters. The number of hydrogen-bond donors (Lipinski definition) is 2. The number of fused-ring (bicyclic) bond motifs is 2. The second-order valence-corrected chi connectivity index (χ2v) is 8.18. The van der Waals surface area contributed by atoms with Crippen LogP contribution in [0.5, 0.6) is 0 Å². The van der Waals surface area contributed by atoms with Crippen molar-refractivity contribution in [2.45, 2.75) is 50.0 Å². The standard InChI is InChI=1S/C22H24N2O2/c1-11-17(13-7-3-5-9-15(13)23-11)19-21(25)20(22(19)26)18-12(2)24-16-10-6-4-8-14(16)18/h3-12,17-24H,1-2H3/q-2. The fourth-order valence-corrected chi connectivity index (χ4v) is 5.69. The van der Waals surface area contributed by atoms with Gasteiger partial charge in [-0.05, 0) is 37.1 Å².